The number of nitrogens with zero attached hydrogens (tertiary/aromatic N) is 2. The van der Waals surface area contributed by atoms with Gasteiger partial charge in [-0.25, -0.2) is 0 Å². The van der Waals surface area contributed by atoms with E-state index in [1.54, 1.807) is 16.7 Å². The van der Waals surface area contributed by atoms with Crippen LogP contribution in [0.25, 0.3) is 0 Å². The number of aliphatic hydroxyl groups is 1. The van der Waals surface area contributed by atoms with Crippen molar-refractivity contribution in [3.8, 4) is 0 Å². The van der Waals surface area contributed by atoms with Gasteiger partial charge in [-0.2, -0.15) is 0 Å². The van der Waals surface area contributed by atoms with Crippen molar-refractivity contribution in [2.24, 2.45) is 11.8 Å². The minimum Gasteiger partial charge on any atom is -0.465 e. The molecule has 1 spiro atoms. The molecule has 0 aromatic heterocycles. The number of aliphatic hydroxyl groups excluding tert-OH is 1. The molecule has 0 radical (unpaired) electrons. The second kappa shape index (κ2) is 9.82. The minimum absolute atomic E-state index is 0.0340. The second-order valence-corrected chi connectivity index (χ2v) is 11.5. The molecule has 1 unspecified atom stereocenters. The van der Waals surface area contributed by atoms with Gasteiger partial charge in [-0.1, -0.05) is 37.6 Å². The van der Waals surface area contributed by atoms with Crippen molar-refractivity contribution in [2.75, 3.05) is 32.8 Å². The first-order valence-electron chi connectivity index (χ1n) is 12.3. The predicted octanol–water partition coefficient (Wildman–Crippen LogP) is 2.54. The number of carbonyl (C=O) groups is 3. The molecule has 2 saturated heterocycles. The molecule has 2 fully saturated rings. The largest absolute Gasteiger partial charge is 0.465 e. The maximum Gasteiger partial charge on any atom is 0.311 e. The number of allylic oxidation sites excluding steroid dienone is 1. The lowest BCUT2D eigenvalue weighted by atomic mass is 9.74. The highest BCUT2D eigenvalue weighted by atomic mass is 32.2. The number of hydrogen-bond acceptors (Lipinski definition) is 6. The molecular formula is C25H36N2O5S. The molecule has 4 rings (SSSR count). The first-order chi connectivity index (χ1) is 15.9. The van der Waals surface area contributed by atoms with Crippen LogP contribution in [0.5, 0.6) is 0 Å². The highest BCUT2D eigenvalue weighted by Gasteiger charge is 2.73. The quantitative estimate of drug-likeness (QED) is 0.345. The van der Waals surface area contributed by atoms with Gasteiger partial charge in [0.1, 0.15) is 6.04 Å². The molecule has 1 N–H and O–H groups in total. The number of ether oxygens (including phenoxy) is 1. The molecule has 8 heteroatoms. The number of rotatable bonds is 7. The van der Waals surface area contributed by atoms with Crippen molar-refractivity contribution in [1.29, 1.82) is 0 Å². The Morgan fingerprint density at radius 3 is 2.67 bits per heavy atom. The molecule has 4 aliphatic rings. The Kier molecular flexibility index (Phi) is 7.24. The molecule has 0 aliphatic carbocycles. The van der Waals surface area contributed by atoms with Gasteiger partial charge in [0.2, 0.25) is 11.8 Å². The number of thioether (sulfide) groups is 1. The van der Waals surface area contributed by atoms with Crippen LogP contribution in [0.3, 0.4) is 0 Å². The van der Waals surface area contributed by atoms with Crippen molar-refractivity contribution in [2.45, 2.75) is 67.9 Å². The Hall–Kier alpha value is -1.80. The maximum absolute atomic E-state index is 14.0. The average molecular weight is 477 g/mol. The van der Waals surface area contributed by atoms with Gasteiger partial charge in [0.05, 0.1) is 23.2 Å². The van der Waals surface area contributed by atoms with Crippen LogP contribution in [0.15, 0.2) is 24.3 Å². The Morgan fingerprint density at radius 1 is 1.09 bits per heavy atom. The zero-order chi connectivity index (χ0) is 23.6. The molecule has 0 bridgehead atoms. The van der Waals surface area contributed by atoms with Gasteiger partial charge in [0, 0.05) is 31.0 Å². The Labute approximate surface area is 200 Å². The monoisotopic (exact) mass is 476 g/mol. The zero-order valence-corrected chi connectivity index (χ0v) is 20.5. The Morgan fingerprint density at radius 2 is 1.91 bits per heavy atom. The van der Waals surface area contributed by atoms with E-state index in [4.69, 9.17) is 4.74 Å². The number of likely N-dealkylation sites (tertiary alicyclic amines) is 1. The molecule has 182 valence electrons. The first kappa shape index (κ1) is 24.3. The normalized spacial score (nSPS) is 36.9. The molecule has 4 aliphatic heterocycles. The predicted molar refractivity (Wildman–Crippen MR) is 127 cm³/mol. The number of cyclic esters (lactones) is 1. The van der Waals surface area contributed by atoms with Crippen LogP contribution in [0, 0.1) is 11.8 Å². The van der Waals surface area contributed by atoms with Gasteiger partial charge in [-0.15, -0.1) is 11.8 Å². The van der Waals surface area contributed by atoms with Crippen molar-refractivity contribution in [3.63, 3.8) is 0 Å². The number of unbranched alkanes of at least 4 members (excludes halogenated alkanes) is 2. The van der Waals surface area contributed by atoms with Gasteiger partial charge >= 0.3 is 5.97 Å². The summed E-state index contributed by atoms with van der Waals surface area (Å²) in [5, 5.41) is 9.28. The smallest absolute Gasteiger partial charge is 0.311 e. The van der Waals surface area contributed by atoms with E-state index in [-0.39, 0.29) is 24.4 Å². The standard InChI is InChI=1S/C25H36N2O5S/c1-3-4-13-26-14-10-12-25-18(21(29)27(15-7-8-16-28)20(25)22(26)30)19-23(31)32-17-9-5-6-11-24(19,2)33-25/h6,10-12,18-20,28H,3-5,7-9,13-17H2,1-2H3/b11-6-/t18-,19-,20?,24+,25-/m0/s1. The molecule has 0 saturated carbocycles. The Bertz CT molecular complexity index is 845. The van der Waals surface area contributed by atoms with Crippen LogP contribution in [0.2, 0.25) is 0 Å². The average Bonchev–Trinajstić information content (AvgIpc) is 3.13. The fourth-order valence-electron chi connectivity index (χ4n) is 5.86. The van der Waals surface area contributed by atoms with Crippen LogP contribution in [0.4, 0.5) is 0 Å². The number of esters is 1. The first-order valence-corrected chi connectivity index (χ1v) is 13.1. The van der Waals surface area contributed by atoms with Gasteiger partial charge in [-0.3, -0.25) is 14.4 Å². The SMILES string of the molecule is CCCCN1CC=C[C@]23S[C@]4(C)/C=C\CCCOC(=O)[C@@H]4[C@H]2C(=O)N(CCCCO)C3C1=O. The van der Waals surface area contributed by atoms with E-state index in [1.165, 1.54) is 0 Å². The van der Waals surface area contributed by atoms with Crippen molar-refractivity contribution < 1.29 is 24.2 Å². The highest BCUT2D eigenvalue weighted by Crippen LogP contribution is 2.65. The van der Waals surface area contributed by atoms with E-state index in [0.717, 1.165) is 25.7 Å². The van der Waals surface area contributed by atoms with Crippen LogP contribution in [-0.4, -0.2) is 81.1 Å². The summed E-state index contributed by atoms with van der Waals surface area (Å²) < 4.78 is 4.19. The minimum atomic E-state index is -0.809. The third kappa shape index (κ3) is 4.14. The van der Waals surface area contributed by atoms with E-state index >= 15 is 0 Å². The molecule has 7 nitrogen and oxygen atoms in total. The summed E-state index contributed by atoms with van der Waals surface area (Å²) in [7, 11) is 0. The lowest BCUT2D eigenvalue weighted by Crippen LogP contribution is -2.53. The van der Waals surface area contributed by atoms with Crippen molar-refractivity contribution in [1.82, 2.24) is 9.80 Å². The Balaban J connectivity index is 1.79. The summed E-state index contributed by atoms with van der Waals surface area (Å²) in [5.74, 6) is -1.80. The van der Waals surface area contributed by atoms with Crippen LogP contribution in [-0.2, 0) is 19.1 Å². The lowest BCUT2D eigenvalue weighted by Gasteiger charge is -2.37. The third-order valence-corrected chi connectivity index (χ3v) is 9.22. The molecule has 2 amide bonds. The third-order valence-electron chi connectivity index (χ3n) is 7.42. The number of fused-ring (bicyclic) bond motifs is 2. The number of amides is 2. The summed E-state index contributed by atoms with van der Waals surface area (Å²) in [6.07, 6.45) is 12.9. The highest BCUT2D eigenvalue weighted by molar-refractivity contribution is 8.02. The van der Waals surface area contributed by atoms with E-state index in [0.29, 0.717) is 39.1 Å². The topological polar surface area (TPSA) is 87.2 Å². The maximum atomic E-state index is 14.0. The number of carbonyl (C=O) groups excluding carboxylic acids is 3. The van der Waals surface area contributed by atoms with Crippen LogP contribution in [0.1, 0.15) is 52.4 Å². The van der Waals surface area contributed by atoms with Gasteiger partial charge in [0.15, 0.2) is 0 Å². The van der Waals surface area contributed by atoms with E-state index in [2.05, 4.69) is 19.1 Å². The lowest BCUT2D eigenvalue weighted by molar-refractivity contribution is -0.154. The zero-order valence-electron chi connectivity index (χ0n) is 19.7. The van der Waals surface area contributed by atoms with Gasteiger partial charge in [0.25, 0.3) is 0 Å². The molecule has 0 aromatic carbocycles. The molecule has 5 atom stereocenters. The van der Waals surface area contributed by atoms with Crippen LogP contribution < -0.4 is 0 Å². The summed E-state index contributed by atoms with van der Waals surface area (Å²) in [6.45, 7) is 6.08. The summed E-state index contributed by atoms with van der Waals surface area (Å²) >= 11 is 1.59. The van der Waals surface area contributed by atoms with Gasteiger partial charge < -0.3 is 19.6 Å². The fraction of sp³-hybridized carbons (Fsp3) is 0.720. The summed E-state index contributed by atoms with van der Waals surface area (Å²) in [6, 6.07) is -0.650. The van der Waals surface area contributed by atoms with Crippen molar-refractivity contribution >= 4 is 29.5 Å². The molecule has 4 heterocycles. The van der Waals surface area contributed by atoms with E-state index < -0.39 is 27.4 Å². The van der Waals surface area contributed by atoms with E-state index in [9.17, 15) is 19.5 Å². The van der Waals surface area contributed by atoms with E-state index in [1.807, 2.05) is 24.0 Å². The fourth-order valence-corrected chi connectivity index (χ4v) is 8.02. The summed E-state index contributed by atoms with van der Waals surface area (Å²) in [4.78, 5) is 44.8. The van der Waals surface area contributed by atoms with Gasteiger partial charge in [-0.05, 0) is 39.0 Å². The van der Waals surface area contributed by atoms with Crippen LogP contribution >= 0.6 is 11.8 Å². The number of hydrogen-bond donors (Lipinski definition) is 1. The molecular weight excluding hydrogens is 440 g/mol. The van der Waals surface area contributed by atoms with Crippen molar-refractivity contribution in [3.05, 3.63) is 24.3 Å². The molecule has 33 heavy (non-hydrogen) atoms. The second-order valence-electron chi connectivity index (χ2n) is 9.71. The summed E-state index contributed by atoms with van der Waals surface area (Å²) in [5.41, 5.74) is 0. The molecule has 0 aromatic rings.